The first-order valence-corrected chi connectivity index (χ1v) is 13.1. The molecule has 0 saturated carbocycles. The molecule has 0 aliphatic rings. The van der Waals surface area contributed by atoms with Crippen LogP contribution in [0.15, 0.2) is 71.6 Å². The van der Waals surface area contributed by atoms with Crippen molar-refractivity contribution in [2.45, 2.75) is 26.6 Å². The van der Waals surface area contributed by atoms with Crippen molar-refractivity contribution >= 4 is 39.1 Å². The molecule has 14 heteroatoms. The van der Waals surface area contributed by atoms with Crippen LogP contribution < -0.4 is 26.0 Å². The number of nitrogens with one attached hydrogen (secondary N) is 3. The highest BCUT2D eigenvalue weighted by atomic mass is 32.2. The summed E-state index contributed by atoms with van der Waals surface area (Å²) in [6, 6.07) is 9.36. The number of benzene rings is 1. The Morgan fingerprint density at radius 3 is 2.26 bits per heavy atom. The average Bonchev–Trinajstić information content (AvgIpc) is 2.82. The zero-order chi connectivity index (χ0) is 28.7. The Balaban J connectivity index is 2.34. The third-order valence-corrected chi connectivity index (χ3v) is 6.22. The van der Waals surface area contributed by atoms with Gasteiger partial charge in [-0.2, -0.15) is 18.2 Å². The number of sulfonamides is 1. The largest absolute Gasteiger partial charge is 0.419 e. The molecular formula is C24H30F3N7O3S. The molecule has 0 unspecified atom stereocenters. The van der Waals surface area contributed by atoms with Crippen LogP contribution in [-0.4, -0.2) is 44.7 Å². The van der Waals surface area contributed by atoms with Gasteiger partial charge >= 0.3 is 6.18 Å². The smallest absolute Gasteiger partial charge is 0.369 e. The minimum absolute atomic E-state index is 0.0359. The van der Waals surface area contributed by atoms with Crippen molar-refractivity contribution in [2.24, 2.45) is 16.6 Å². The summed E-state index contributed by atoms with van der Waals surface area (Å²) >= 11 is 0. The van der Waals surface area contributed by atoms with Crippen LogP contribution in [0.25, 0.3) is 0 Å². The number of aromatic nitrogens is 1. The van der Waals surface area contributed by atoms with Crippen LogP contribution in [0.5, 0.6) is 0 Å². The molecule has 0 aliphatic carbocycles. The zero-order valence-electron chi connectivity index (χ0n) is 21.3. The Labute approximate surface area is 219 Å². The summed E-state index contributed by atoms with van der Waals surface area (Å²) in [6.45, 7) is 6.48. The van der Waals surface area contributed by atoms with Crippen LogP contribution >= 0.6 is 0 Å². The average molecular weight is 554 g/mol. The number of hydrogen-bond acceptors (Lipinski definition) is 6. The predicted octanol–water partition coefficient (Wildman–Crippen LogP) is 3.55. The summed E-state index contributed by atoms with van der Waals surface area (Å²) < 4.78 is 66.0. The topological polar surface area (TPSA) is 142 Å². The summed E-state index contributed by atoms with van der Waals surface area (Å²) in [5, 5.41) is 7.98. The summed E-state index contributed by atoms with van der Waals surface area (Å²) in [5.74, 6) is -1.36. The number of pyridine rings is 1. The van der Waals surface area contributed by atoms with Crippen LogP contribution in [0.1, 0.15) is 19.4 Å². The number of anilines is 3. The number of alkyl halides is 3. The zero-order valence-corrected chi connectivity index (χ0v) is 22.1. The molecule has 206 valence electrons. The first kappa shape index (κ1) is 30.2. The van der Waals surface area contributed by atoms with E-state index in [9.17, 15) is 26.4 Å². The molecule has 0 radical (unpaired) electrons. The molecule has 38 heavy (non-hydrogen) atoms. The van der Waals surface area contributed by atoms with Gasteiger partial charge in [-0.25, -0.2) is 13.4 Å². The number of hydrogen-bond donors (Lipinski definition) is 4. The molecule has 0 atom stereocenters. The Kier molecular flexibility index (Phi) is 9.88. The molecule has 10 nitrogen and oxygen atoms in total. The van der Waals surface area contributed by atoms with Crippen molar-refractivity contribution in [2.75, 3.05) is 28.2 Å². The third-order valence-electron chi connectivity index (χ3n) is 5.06. The van der Waals surface area contributed by atoms with E-state index in [1.807, 2.05) is 0 Å². The van der Waals surface area contributed by atoms with Crippen molar-refractivity contribution in [3.8, 4) is 0 Å². The van der Waals surface area contributed by atoms with Gasteiger partial charge in [-0.1, -0.05) is 32.6 Å². The van der Waals surface area contributed by atoms with E-state index in [-0.39, 0.29) is 30.1 Å². The van der Waals surface area contributed by atoms with Crippen molar-refractivity contribution in [1.82, 2.24) is 10.3 Å². The Bertz CT molecular complexity index is 1320. The van der Waals surface area contributed by atoms with Gasteiger partial charge in [-0.15, -0.1) is 0 Å². The minimum Gasteiger partial charge on any atom is -0.369 e. The number of carbonyl (C=O) groups excluding carboxylic acids is 1. The molecule has 5 N–H and O–H groups in total. The fourth-order valence-corrected chi connectivity index (χ4v) is 3.43. The van der Waals surface area contributed by atoms with Gasteiger partial charge in [0.2, 0.25) is 15.9 Å². The SMILES string of the molecule is C=C/C(=C(\N=C(/N)Nc1ccc(NC(=O)C(C)C)cc1)NCc1cccnc1N(C)S(C)(=O)=O)C(F)(F)F. The fraction of sp³-hybridized carbons (Fsp3) is 0.292. The molecule has 0 bridgehead atoms. The second-order valence-electron chi connectivity index (χ2n) is 8.38. The van der Waals surface area contributed by atoms with Crippen LogP contribution in [-0.2, 0) is 21.4 Å². The normalized spacial score (nSPS) is 13.0. The number of rotatable bonds is 10. The lowest BCUT2D eigenvalue weighted by Crippen LogP contribution is -2.29. The summed E-state index contributed by atoms with van der Waals surface area (Å²) in [7, 11) is -2.39. The van der Waals surface area contributed by atoms with Gasteiger partial charge < -0.3 is 21.7 Å². The first-order chi connectivity index (χ1) is 17.6. The van der Waals surface area contributed by atoms with Crippen LogP contribution in [0, 0.1) is 5.92 Å². The highest BCUT2D eigenvalue weighted by molar-refractivity contribution is 7.92. The van der Waals surface area contributed by atoms with E-state index in [1.54, 1.807) is 38.1 Å². The summed E-state index contributed by atoms with van der Waals surface area (Å²) in [4.78, 5) is 19.7. The van der Waals surface area contributed by atoms with E-state index < -0.39 is 27.6 Å². The van der Waals surface area contributed by atoms with Crippen molar-refractivity contribution in [3.05, 3.63) is 72.2 Å². The van der Waals surface area contributed by atoms with E-state index in [0.717, 1.165) is 10.6 Å². The number of nitrogens with two attached hydrogens (primary N) is 1. The minimum atomic E-state index is -4.81. The number of guanidine groups is 1. The standard InChI is InChI=1S/C24H30F3N7O3S/c1-6-19(24(25,26)27)20(30-14-16-8-7-13-29-21(16)34(4)38(5,36)37)33-23(28)32-18-11-9-17(10-12-18)31-22(35)15(2)3/h6-13,15,30H,1,14H2,2-5H3,(H,31,35)(H3,28,32,33)/b20-19+. The van der Waals surface area contributed by atoms with Crippen LogP contribution in [0.2, 0.25) is 0 Å². The number of halogens is 3. The fourth-order valence-electron chi connectivity index (χ4n) is 2.95. The molecule has 0 aliphatic heterocycles. The molecule has 1 aromatic carbocycles. The molecule has 1 amide bonds. The molecule has 1 aromatic heterocycles. The summed E-state index contributed by atoms with van der Waals surface area (Å²) in [6.07, 6.45) is -1.88. The maximum absolute atomic E-state index is 13.7. The van der Waals surface area contributed by atoms with E-state index in [2.05, 4.69) is 32.5 Å². The molecule has 0 saturated heterocycles. The number of aliphatic imine (C=N–C) groups is 1. The van der Waals surface area contributed by atoms with E-state index >= 15 is 0 Å². The molecule has 2 rings (SSSR count). The molecule has 0 spiro atoms. The van der Waals surface area contributed by atoms with E-state index in [4.69, 9.17) is 5.73 Å². The van der Waals surface area contributed by atoms with Crippen molar-refractivity contribution in [1.29, 1.82) is 0 Å². The number of allylic oxidation sites excluding steroid dienone is 2. The van der Waals surface area contributed by atoms with Gasteiger partial charge in [-0.3, -0.25) is 9.10 Å². The molecule has 0 fully saturated rings. The molecule has 1 heterocycles. The lowest BCUT2D eigenvalue weighted by atomic mass is 10.2. The Morgan fingerprint density at radius 1 is 1.18 bits per heavy atom. The Morgan fingerprint density at radius 2 is 1.76 bits per heavy atom. The van der Waals surface area contributed by atoms with Gasteiger partial charge in [-0.05, 0) is 30.3 Å². The van der Waals surface area contributed by atoms with Crippen LogP contribution in [0.4, 0.5) is 30.4 Å². The second kappa shape index (κ2) is 12.4. The second-order valence-corrected chi connectivity index (χ2v) is 10.4. The summed E-state index contributed by atoms with van der Waals surface area (Å²) in [5.41, 5.74) is 5.95. The van der Waals surface area contributed by atoms with Crippen molar-refractivity contribution in [3.63, 3.8) is 0 Å². The monoisotopic (exact) mass is 553 g/mol. The molecular weight excluding hydrogens is 523 g/mol. The number of nitrogens with zero attached hydrogens (tertiary/aromatic N) is 3. The highest BCUT2D eigenvalue weighted by Gasteiger charge is 2.35. The van der Waals surface area contributed by atoms with E-state index in [0.29, 0.717) is 23.0 Å². The van der Waals surface area contributed by atoms with Crippen LogP contribution in [0.3, 0.4) is 0 Å². The van der Waals surface area contributed by atoms with E-state index in [1.165, 1.54) is 25.4 Å². The van der Waals surface area contributed by atoms with Gasteiger partial charge in [0.25, 0.3) is 0 Å². The maximum atomic E-state index is 13.7. The number of carbonyl (C=O) groups is 1. The third kappa shape index (κ3) is 8.50. The maximum Gasteiger partial charge on any atom is 0.419 e. The molecule has 2 aromatic rings. The van der Waals surface area contributed by atoms with Gasteiger partial charge in [0, 0.05) is 42.6 Å². The van der Waals surface area contributed by atoms with Gasteiger partial charge in [0.15, 0.2) is 5.96 Å². The first-order valence-electron chi connectivity index (χ1n) is 11.2. The van der Waals surface area contributed by atoms with Gasteiger partial charge in [0.05, 0.1) is 11.8 Å². The predicted molar refractivity (Wildman–Crippen MR) is 143 cm³/mol. The quantitative estimate of drug-likeness (QED) is 0.200. The lowest BCUT2D eigenvalue weighted by Gasteiger charge is -2.20. The highest BCUT2D eigenvalue weighted by Crippen LogP contribution is 2.29. The Hall–Kier alpha value is -4.07. The number of amides is 1. The lowest BCUT2D eigenvalue weighted by molar-refractivity contribution is -0.118. The van der Waals surface area contributed by atoms with Gasteiger partial charge in [0.1, 0.15) is 11.6 Å². The van der Waals surface area contributed by atoms with Crippen molar-refractivity contribution < 1.29 is 26.4 Å².